The van der Waals surface area contributed by atoms with Crippen molar-refractivity contribution in [3.63, 3.8) is 0 Å². The summed E-state index contributed by atoms with van der Waals surface area (Å²) in [7, 11) is 0. The van der Waals surface area contributed by atoms with E-state index in [0.717, 1.165) is 22.8 Å². The number of rotatable bonds is 3. The lowest BCUT2D eigenvalue weighted by molar-refractivity contribution is 0.0412. The van der Waals surface area contributed by atoms with Crippen LogP contribution in [0.5, 0.6) is 0 Å². The zero-order chi connectivity index (χ0) is 13.9. The summed E-state index contributed by atoms with van der Waals surface area (Å²) < 4.78 is 5.78. The third-order valence-corrected chi connectivity index (χ3v) is 4.50. The summed E-state index contributed by atoms with van der Waals surface area (Å²) in [5.74, 6) is -0.0187. The first-order valence-corrected chi connectivity index (χ1v) is 7.60. The molecule has 20 heavy (non-hydrogen) atoms. The number of carbonyl (C=O) groups excluding carboxylic acids is 1. The van der Waals surface area contributed by atoms with Gasteiger partial charge in [-0.05, 0) is 36.6 Å². The van der Waals surface area contributed by atoms with E-state index in [0.29, 0.717) is 6.54 Å². The Balaban J connectivity index is 1.66. The molecule has 1 N–H and O–H groups in total. The number of nitrogens with one attached hydrogen (secondary N) is 1. The van der Waals surface area contributed by atoms with Gasteiger partial charge >= 0.3 is 0 Å². The zero-order valence-corrected chi connectivity index (χ0v) is 12.2. The maximum Gasteiger partial charge on any atom is 0.261 e. The second-order valence-corrected chi connectivity index (χ2v) is 6.22. The maximum absolute atomic E-state index is 12.1. The van der Waals surface area contributed by atoms with Crippen LogP contribution in [0, 0.1) is 6.92 Å². The van der Waals surface area contributed by atoms with Crippen molar-refractivity contribution in [2.24, 2.45) is 0 Å². The standard InChI is InChI=1S/C16H17NO2S/c1-11-6-7-15(20-11)16(18)17-10-14-13-5-3-2-4-12(13)8-9-19-14/h2-7,14H,8-10H2,1H3,(H,17,18)/t14-/m1/s1. The van der Waals surface area contributed by atoms with Crippen LogP contribution in [0.1, 0.15) is 31.8 Å². The third kappa shape index (κ3) is 2.76. The normalized spacial score (nSPS) is 17.6. The van der Waals surface area contributed by atoms with Crippen LogP contribution in [-0.2, 0) is 11.2 Å². The smallest absolute Gasteiger partial charge is 0.261 e. The Morgan fingerprint density at radius 2 is 2.20 bits per heavy atom. The van der Waals surface area contributed by atoms with Gasteiger partial charge in [-0.1, -0.05) is 24.3 Å². The van der Waals surface area contributed by atoms with Crippen molar-refractivity contribution in [1.29, 1.82) is 0 Å². The lowest BCUT2D eigenvalue weighted by Gasteiger charge is -2.26. The Hall–Kier alpha value is -1.65. The van der Waals surface area contributed by atoms with Gasteiger partial charge in [0.25, 0.3) is 5.91 Å². The lowest BCUT2D eigenvalue weighted by Crippen LogP contribution is -2.31. The molecule has 3 rings (SSSR count). The van der Waals surface area contributed by atoms with Gasteiger partial charge in [-0.15, -0.1) is 11.3 Å². The number of ether oxygens (including phenoxy) is 1. The summed E-state index contributed by atoms with van der Waals surface area (Å²) >= 11 is 1.52. The van der Waals surface area contributed by atoms with Crippen LogP contribution in [0.2, 0.25) is 0 Å². The van der Waals surface area contributed by atoms with Crippen molar-refractivity contribution >= 4 is 17.2 Å². The van der Waals surface area contributed by atoms with Gasteiger partial charge in [0, 0.05) is 11.4 Å². The van der Waals surface area contributed by atoms with Gasteiger partial charge < -0.3 is 10.1 Å². The lowest BCUT2D eigenvalue weighted by atomic mass is 9.97. The summed E-state index contributed by atoms with van der Waals surface area (Å²) in [5, 5.41) is 2.97. The predicted octanol–water partition coefficient (Wildman–Crippen LogP) is 3.10. The second-order valence-electron chi connectivity index (χ2n) is 4.93. The molecule has 2 aromatic rings. The monoisotopic (exact) mass is 287 g/mol. The van der Waals surface area contributed by atoms with E-state index in [-0.39, 0.29) is 12.0 Å². The molecule has 0 bridgehead atoms. The fourth-order valence-corrected chi connectivity index (χ4v) is 3.26. The number of aryl methyl sites for hydroxylation is 1. The van der Waals surface area contributed by atoms with Crippen molar-refractivity contribution in [2.75, 3.05) is 13.2 Å². The van der Waals surface area contributed by atoms with E-state index in [4.69, 9.17) is 4.74 Å². The highest BCUT2D eigenvalue weighted by Crippen LogP contribution is 2.26. The summed E-state index contributed by atoms with van der Waals surface area (Å²) in [6.45, 7) is 3.24. The van der Waals surface area contributed by atoms with Crippen molar-refractivity contribution in [2.45, 2.75) is 19.4 Å². The molecule has 1 atom stereocenters. The average molecular weight is 287 g/mol. The highest BCUT2D eigenvalue weighted by Gasteiger charge is 2.21. The highest BCUT2D eigenvalue weighted by molar-refractivity contribution is 7.13. The van der Waals surface area contributed by atoms with Gasteiger partial charge in [0.2, 0.25) is 0 Å². The Morgan fingerprint density at radius 3 is 3.00 bits per heavy atom. The Bertz CT molecular complexity index is 620. The Kier molecular flexibility index (Phi) is 3.85. The van der Waals surface area contributed by atoms with Gasteiger partial charge in [-0.2, -0.15) is 0 Å². The van der Waals surface area contributed by atoms with Crippen LogP contribution in [0.4, 0.5) is 0 Å². The number of hydrogen-bond acceptors (Lipinski definition) is 3. The summed E-state index contributed by atoms with van der Waals surface area (Å²) in [6.07, 6.45) is 0.912. The van der Waals surface area contributed by atoms with E-state index in [1.807, 2.05) is 31.2 Å². The molecule has 1 aromatic carbocycles. The first kappa shape index (κ1) is 13.3. The molecule has 0 unspecified atom stereocenters. The molecule has 0 saturated carbocycles. The molecule has 104 valence electrons. The SMILES string of the molecule is Cc1ccc(C(=O)NC[C@H]2OCCc3ccccc32)s1. The molecule has 0 aliphatic carbocycles. The topological polar surface area (TPSA) is 38.3 Å². The first-order chi connectivity index (χ1) is 9.74. The third-order valence-electron chi connectivity index (χ3n) is 3.50. The number of benzene rings is 1. The molecule has 0 spiro atoms. The van der Waals surface area contributed by atoms with Gasteiger partial charge in [-0.3, -0.25) is 4.79 Å². The van der Waals surface area contributed by atoms with Crippen molar-refractivity contribution in [3.8, 4) is 0 Å². The average Bonchev–Trinajstić information content (AvgIpc) is 2.91. The fraction of sp³-hybridized carbons (Fsp3) is 0.312. The molecule has 3 nitrogen and oxygen atoms in total. The molecular weight excluding hydrogens is 270 g/mol. The molecule has 1 aliphatic rings. The van der Waals surface area contributed by atoms with Crippen LogP contribution in [0.25, 0.3) is 0 Å². The molecule has 0 radical (unpaired) electrons. The minimum atomic E-state index is -0.0371. The zero-order valence-electron chi connectivity index (χ0n) is 11.4. The largest absolute Gasteiger partial charge is 0.371 e. The minimum Gasteiger partial charge on any atom is -0.371 e. The molecule has 1 amide bonds. The van der Waals surface area contributed by atoms with Crippen molar-refractivity contribution in [3.05, 3.63) is 57.3 Å². The summed E-state index contributed by atoms with van der Waals surface area (Å²) in [6, 6.07) is 12.1. The Morgan fingerprint density at radius 1 is 1.35 bits per heavy atom. The molecule has 0 saturated heterocycles. The number of amides is 1. The van der Waals surface area contributed by atoms with Crippen LogP contribution in [-0.4, -0.2) is 19.1 Å². The Labute approximate surface area is 122 Å². The van der Waals surface area contributed by atoms with E-state index < -0.39 is 0 Å². The van der Waals surface area contributed by atoms with Crippen LogP contribution < -0.4 is 5.32 Å². The van der Waals surface area contributed by atoms with Crippen LogP contribution >= 0.6 is 11.3 Å². The number of hydrogen-bond donors (Lipinski definition) is 1. The van der Waals surface area contributed by atoms with Gasteiger partial charge in [0.05, 0.1) is 11.5 Å². The summed E-state index contributed by atoms with van der Waals surface area (Å²) in [5.41, 5.74) is 2.52. The van der Waals surface area contributed by atoms with Crippen LogP contribution in [0.3, 0.4) is 0 Å². The van der Waals surface area contributed by atoms with Crippen molar-refractivity contribution < 1.29 is 9.53 Å². The van der Waals surface area contributed by atoms with E-state index in [9.17, 15) is 4.79 Å². The van der Waals surface area contributed by atoms with E-state index in [2.05, 4.69) is 17.4 Å². The molecule has 4 heteroatoms. The van der Waals surface area contributed by atoms with E-state index in [1.165, 1.54) is 22.5 Å². The number of thiophene rings is 1. The first-order valence-electron chi connectivity index (χ1n) is 6.78. The molecule has 1 aliphatic heterocycles. The van der Waals surface area contributed by atoms with Crippen molar-refractivity contribution in [1.82, 2.24) is 5.32 Å². The number of fused-ring (bicyclic) bond motifs is 1. The molecular formula is C16H17NO2S. The molecule has 2 heterocycles. The van der Waals surface area contributed by atoms with E-state index in [1.54, 1.807) is 0 Å². The fourth-order valence-electron chi connectivity index (χ4n) is 2.47. The van der Waals surface area contributed by atoms with Gasteiger partial charge in [0.1, 0.15) is 6.10 Å². The quantitative estimate of drug-likeness (QED) is 0.942. The van der Waals surface area contributed by atoms with Crippen LogP contribution in [0.15, 0.2) is 36.4 Å². The second kappa shape index (κ2) is 5.77. The van der Waals surface area contributed by atoms with E-state index >= 15 is 0 Å². The van der Waals surface area contributed by atoms with Gasteiger partial charge in [-0.25, -0.2) is 0 Å². The van der Waals surface area contributed by atoms with Gasteiger partial charge in [0.15, 0.2) is 0 Å². The molecule has 1 aromatic heterocycles. The number of carbonyl (C=O) groups is 1. The maximum atomic E-state index is 12.1. The minimum absolute atomic E-state index is 0.0187. The molecule has 0 fully saturated rings. The summed E-state index contributed by atoms with van der Waals surface area (Å²) in [4.78, 5) is 14.0. The predicted molar refractivity (Wildman–Crippen MR) is 80.2 cm³/mol. The highest BCUT2D eigenvalue weighted by atomic mass is 32.1.